The molecule has 0 bridgehead atoms. The SMILES string of the molecule is Cc1c(Oc2ncc(C(F)(F)F)c(C)c2-c2cc(=O)c3c(N4CC(O)C4)nccc3[nH]2)ccc(F)c1F. The molecule has 0 amide bonds. The van der Waals surface area contributed by atoms with E-state index in [2.05, 4.69) is 15.0 Å². The number of aliphatic hydroxyl groups is 1. The molecule has 1 aliphatic heterocycles. The number of aromatic nitrogens is 3. The summed E-state index contributed by atoms with van der Waals surface area (Å²) in [5.41, 5.74) is -1.97. The fraction of sp³-hybridized carbons (Fsp3) is 0.240. The van der Waals surface area contributed by atoms with Crippen LogP contribution in [0.3, 0.4) is 0 Å². The Kier molecular flexibility index (Phi) is 5.86. The molecule has 0 saturated carbocycles. The maximum Gasteiger partial charge on any atom is 0.418 e. The molecule has 4 aromatic rings. The van der Waals surface area contributed by atoms with Gasteiger partial charge in [-0.15, -0.1) is 0 Å². The Bertz CT molecular complexity index is 1600. The minimum absolute atomic E-state index is 0.0235. The molecule has 12 heteroatoms. The number of hydrogen-bond donors (Lipinski definition) is 2. The van der Waals surface area contributed by atoms with Gasteiger partial charge in [0.25, 0.3) is 0 Å². The molecule has 1 fully saturated rings. The average molecular weight is 518 g/mol. The van der Waals surface area contributed by atoms with E-state index in [0.717, 1.165) is 18.2 Å². The number of nitrogens with zero attached hydrogens (tertiary/aromatic N) is 3. The van der Waals surface area contributed by atoms with Crippen molar-refractivity contribution in [1.29, 1.82) is 0 Å². The number of aliphatic hydroxyl groups excluding tert-OH is 1. The monoisotopic (exact) mass is 518 g/mol. The zero-order valence-corrected chi connectivity index (χ0v) is 19.5. The van der Waals surface area contributed by atoms with E-state index >= 15 is 0 Å². The summed E-state index contributed by atoms with van der Waals surface area (Å²) < 4.78 is 74.6. The first-order chi connectivity index (χ1) is 17.5. The van der Waals surface area contributed by atoms with Crippen LogP contribution in [0.5, 0.6) is 11.6 Å². The first-order valence-electron chi connectivity index (χ1n) is 11.1. The normalized spacial score (nSPS) is 14.2. The largest absolute Gasteiger partial charge is 0.438 e. The number of anilines is 1. The lowest BCUT2D eigenvalue weighted by Crippen LogP contribution is -2.51. The zero-order chi connectivity index (χ0) is 26.6. The van der Waals surface area contributed by atoms with Gasteiger partial charge in [-0.25, -0.2) is 18.7 Å². The summed E-state index contributed by atoms with van der Waals surface area (Å²) in [7, 11) is 0. The average Bonchev–Trinajstić information content (AvgIpc) is 2.81. The van der Waals surface area contributed by atoms with Crippen molar-refractivity contribution in [2.24, 2.45) is 0 Å². The third kappa shape index (κ3) is 4.26. The number of H-pyrrole nitrogens is 1. The fourth-order valence-corrected chi connectivity index (χ4v) is 4.29. The van der Waals surface area contributed by atoms with Crippen molar-refractivity contribution in [2.45, 2.75) is 26.1 Å². The van der Waals surface area contributed by atoms with E-state index in [-0.39, 0.29) is 52.5 Å². The Morgan fingerprint density at radius 1 is 1.11 bits per heavy atom. The molecule has 192 valence electrons. The van der Waals surface area contributed by atoms with Crippen molar-refractivity contribution in [3.63, 3.8) is 0 Å². The van der Waals surface area contributed by atoms with E-state index in [0.29, 0.717) is 17.5 Å². The number of benzene rings is 1. The van der Waals surface area contributed by atoms with Crippen molar-refractivity contribution in [1.82, 2.24) is 15.0 Å². The van der Waals surface area contributed by atoms with Crippen LogP contribution in [0.4, 0.5) is 27.8 Å². The van der Waals surface area contributed by atoms with Gasteiger partial charge in [0.1, 0.15) is 11.6 Å². The number of hydrogen-bond acceptors (Lipinski definition) is 6. The highest BCUT2D eigenvalue weighted by Gasteiger charge is 2.35. The molecular formula is C25H19F5N4O3. The van der Waals surface area contributed by atoms with Crippen LogP contribution in [0, 0.1) is 25.5 Å². The maximum atomic E-state index is 14.1. The molecule has 1 aromatic carbocycles. The summed E-state index contributed by atoms with van der Waals surface area (Å²) in [6, 6.07) is 4.57. The van der Waals surface area contributed by atoms with Crippen LogP contribution in [0.15, 0.2) is 41.5 Å². The summed E-state index contributed by atoms with van der Waals surface area (Å²) in [5.74, 6) is -2.44. The quantitative estimate of drug-likeness (QED) is 0.375. The fourth-order valence-electron chi connectivity index (χ4n) is 4.29. The Morgan fingerprint density at radius 2 is 1.84 bits per heavy atom. The highest BCUT2D eigenvalue weighted by atomic mass is 19.4. The van der Waals surface area contributed by atoms with Crippen molar-refractivity contribution in [3.05, 3.63) is 75.2 Å². The van der Waals surface area contributed by atoms with Gasteiger partial charge in [-0.2, -0.15) is 13.2 Å². The standard InChI is InChI=1S/C25H19F5N4O3/c1-11-14(25(28,29)30)8-32-24(37-19-4-3-15(26)22(27)12(19)2)20(11)17-7-18(36)21-16(33-17)5-6-31-23(21)34-9-13(35)10-34/h3-8,13,35H,9-10H2,1-2H3,(H,33,36). The lowest BCUT2D eigenvalue weighted by Gasteiger charge is -2.37. The Morgan fingerprint density at radius 3 is 2.51 bits per heavy atom. The molecule has 0 spiro atoms. The van der Waals surface area contributed by atoms with Crippen LogP contribution in [-0.4, -0.2) is 39.3 Å². The van der Waals surface area contributed by atoms with Gasteiger partial charge in [-0.1, -0.05) is 0 Å². The molecule has 37 heavy (non-hydrogen) atoms. The molecule has 3 aromatic heterocycles. The topological polar surface area (TPSA) is 91.3 Å². The lowest BCUT2D eigenvalue weighted by atomic mass is 10.0. The first-order valence-corrected chi connectivity index (χ1v) is 11.1. The molecule has 1 saturated heterocycles. The van der Waals surface area contributed by atoms with Gasteiger partial charge in [0, 0.05) is 37.1 Å². The van der Waals surface area contributed by atoms with Gasteiger partial charge >= 0.3 is 6.18 Å². The second-order valence-corrected chi connectivity index (χ2v) is 8.72. The van der Waals surface area contributed by atoms with Crippen LogP contribution < -0.4 is 15.1 Å². The van der Waals surface area contributed by atoms with E-state index in [9.17, 15) is 31.9 Å². The van der Waals surface area contributed by atoms with Crippen molar-refractivity contribution in [2.75, 3.05) is 18.0 Å². The molecule has 5 rings (SSSR count). The highest BCUT2D eigenvalue weighted by molar-refractivity contribution is 5.91. The minimum Gasteiger partial charge on any atom is -0.438 e. The number of alkyl halides is 3. The van der Waals surface area contributed by atoms with Crippen LogP contribution in [0.1, 0.15) is 16.7 Å². The highest BCUT2D eigenvalue weighted by Crippen LogP contribution is 2.41. The third-order valence-corrected chi connectivity index (χ3v) is 6.26. The molecule has 7 nitrogen and oxygen atoms in total. The smallest absolute Gasteiger partial charge is 0.418 e. The zero-order valence-electron chi connectivity index (χ0n) is 19.5. The van der Waals surface area contributed by atoms with Gasteiger partial charge in [-0.05, 0) is 37.6 Å². The molecular weight excluding hydrogens is 499 g/mol. The molecule has 0 aliphatic carbocycles. The minimum atomic E-state index is -4.76. The number of fused-ring (bicyclic) bond motifs is 1. The summed E-state index contributed by atoms with van der Waals surface area (Å²) in [4.78, 5) is 25.9. The molecule has 2 N–H and O–H groups in total. The van der Waals surface area contributed by atoms with E-state index in [4.69, 9.17) is 4.74 Å². The predicted molar refractivity (Wildman–Crippen MR) is 125 cm³/mol. The van der Waals surface area contributed by atoms with Gasteiger partial charge in [0.15, 0.2) is 17.1 Å². The van der Waals surface area contributed by atoms with Crippen LogP contribution in [0.2, 0.25) is 0 Å². The Hall–Kier alpha value is -4.06. The summed E-state index contributed by atoms with van der Waals surface area (Å²) >= 11 is 0. The summed E-state index contributed by atoms with van der Waals surface area (Å²) in [5, 5.41) is 9.83. The molecule has 1 aliphatic rings. The molecule has 0 atom stereocenters. The van der Waals surface area contributed by atoms with Crippen LogP contribution in [-0.2, 0) is 6.18 Å². The number of ether oxygens (including phenoxy) is 1. The number of β-amino-alcohol motifs (C(OH)–C–C–N with tert-alkyl or cyclic N) is 1. The molecule has 0 unspecified atom stereocenters. The van der Waals surface area contributed by atoms with E-state index in [1.165, 1.54) is 26.1 Å². The van der Waals surface area contributed by atoms with E-state index < -0.39 is 34.9 Å². The van der Waals surface area contributed by atoms with Gasteiger partial charge in [-0.3, -0.25) is 4.79 Å². The van der Waals surface area contributed by atoms with Crippen LogP contribution in [0.25, 0.3) is 22.2 Å². The second-order valence-electron chi connectivity index (χ2n) is 8.72. The lowest BCUT2D eigenvalue weighted by molar-refractivity contribution is -0.138. The number of halogens is 5. The number of nitrogens with one attached hydrogen (secondary N) is 1. The summed E-state index contributed by atoms with van der Waals surface area (Å²) in [6.07, 6.45) is -3.29. The van der Waals surface area contributed by atoms with Crippen LogP contribution >= 0.6 is 0 Å². The van der Waals surface area contributed by atoms with Crippen molar-refractivity contribution < 1.29 is 31.8 Å². The maximum absolute atomic E-state index is 14.1. The Labute approximate surface area is 206 Å². The third-order valence-electron chi connectivity index (χ3n) is 6.26. The van der Waals surface area contributed by atoms with E-state index in [1.54, 1.807) is 4.90 Å². The second kappa shape index (κ2) is 8.80. The number of pyridine rings is 3. The predicted octanol–water partition coefficient (Wildman–Crippen LogP) is 4.87. The van der Waals surface area contributed by atoms with E-state index in [1.807, 2.05) is 0 Å². The van der Waals surface area contributed by atoms with Crippen molar-refractivity contribution in [3.8, 4) is 22.9 Å². The molecule has 4 heterocycles. The van der Waals surface area contributed by atoms with Gasteiger partial charge in [0.2, 0.25) is 5.88 Å². The number of rotatable bonds is 4. The summed E-state index contributed by atoms with van der Waals surface area (Å²) in [6.45, 7) is 3.03. The first kappa shape index (κ1) is 24.6. The Balaban J connectivity index is 1.71. The molecule has 0 radical (unpaired) electrons. The van der Waals surface area contributed by atoms with Crippen molar-refractivity contribution >= 4 is 16.7 Å². The van der Waals surface area contributed by atoms with Gasteiger partial charge < -0.3 is 19.7 Å². The number of aromatic amines is 1. The van der Waals surface area contributed by atoms with Gasteiger partial charge in [0.05, 0.1) is 33.8 Å².